The number of carbonyl (C=O) groups excluding carboxylic acids is 1. The van der Waals surface area contributed by atoms with Gasteiger partial charge in [0.15, 0.2) is 0 Å². The first-order chi connectivity index (χ1) is 8.81. The fourth-order valence-electron chi connectivity index (χ4n) is 2.66. The van der Waals surface area contributed by atoms with E-state index in [0.717, 1.165) is 57.8 Å². The molecule has 5 heteroatoms. The second-order valence-corrected chi connectivity index (χ2v) is 5.87. The lowest BCUT2D eigenvalue weighted by Gasteiger charge is -2.43. The molecule has 0 aromatic heterocycles. The summed E-state index contributed by atoms with van der Waals surface area (Å²) >= 11 is 0. The van der Waals surface area contributed by atoms with Crippen LogP contribution in [0, 0.1) is 5.92 Å². The average Bonchev–Trinajstić information content (AvgIpc) is 3.11. The molecule has 18 heavy (non-hydrogen) atoms. The van der Waals surface area contributed by atoms with Gasteiger partial charge in [-0.1, -0.05) is 0 Å². The second kappa shape index (κ2) is 5.55. The fourth-order valence-corrected chi connectivity index (χ4v) is 2.66. The van der Waals surface area contributed by atoms with Crippen LogP contribution in [0.4, 0.5) is 0 Å². The van der Waals surface area contributed by atoms with Crippen molar-refractivity contribution in [3.05, 3.63) is 0 Å². The van der Waals surface area contributed by atoms with Crippen molar-refractivity contribution in [1.29, 1.82) is 0 Å². The van der Waals surface area contributed by atoms with Crippen LogP contribution in [0.2, 0.25) is 0 Å². The molecular formula is C13H24N4O. The van der Waals surface area contributed by atoms with Gasteiger partial charge in [0.05, 0.1) is 6.54 Å². The number of hydrogen-bond acceptors (Lipinski definition) is 4. The molecule has 2 heterocycles. The summed E-state index contributed by atoms with van der Waals surface area (Å²) in [4.78, 5) is 16.6. The van der Waals surface area contributed by atoms with Gasteiger partial charge in [-0.25, -0.2) is 0 Å². The van der Waals surface area contributed by atoms with Gasteiger partial charge in [0.1, 0.15) is 0 Å². The van der Waals surface area contributed by atoms with Crippen LogP contribution in [0.1, 0.15) is 12.8 Å². The molecule has 1 amide bonds. The molecule has 1 saturated carbocycles. The number of carbonyl (C=O) groups is 1. The van der Waals surface area contributed by atoms with Gasteiger partial charge in [0.25, 0.3) is 0 Å². The highest BCUT2D eigenvalue weighted by Gasteiger charge is 2.28. The predicted octanol–water partition coefficient (Wildman–Crippen LogP) is -0.898. The maximum absolute atomic E-state index is 11.7. The molecule has 3 fully saturated rings. The van der Waals surface area contributed by atoms with E-state index in [1.54, 1.807) is 0 Å². The van der Waals surface area contributed by atoms with E-state index >= 15 is 0 Å². The van der Waals surface area contributed by atoms with E-state index in [-0.39, 0.29) is 5.91 Å². The molecule has 102 valence electrons. The number of nitrogens with zero attached hydrogens (tertiary/aromatic N) is 2. The van der Waals surface area contributed by atoms with E-state index in [2.05, 4.69) is 20.4 Å². The number of piperazine rings is 1. The summed E-state index contributed by atoms with van der Waals surface area (Å²) in [5.74, 6) is 0.984. The van der Waals surface area contributed by atoms with Crippen molar-refractivity contribution in [3.8, 4) is 0 Å². The van der Waals surface area contributed by atoms with Crippen molar-refractivity contribution in [3.63, 3.8) is 0 Å². The standard InChI is InChI=1S/C13H24N4O/c18-13(15-7-11-1-2-11)10-16-3-5-17(6-4-16)12-8-14-9-12/h11-12,14H,1-10H2,(H,15,18). The SMILES string of the molecule is O=C(CN1CCN(C2CNC2)CC1)NCC1CC1. The van der Waals surface area contributed by atoms with Crippen LogP contribution in [-0.4, -0.2) is 74.1 Å². The molecule has 0 aromatic carbocycles. The van der Waals surface area contributed by atoms with E-state index in [1.807, 2.05) is 0 Å². The minimum atomic E-state index is 0.209. The minimum absolute atomic E-state index is 0.209. The Bertz CT molecular complexity index is 293. The van der Waals surface area contributed by atoms with Crippen molar-refractivity contribution in [2.24, 2.45) is 5.92 Å². The van der Waals surface area contributed by atoms with E-state index < -0.39 is 0 Å². The van der Waals surface area contributed by atoms with Gasteiger partial charge in [-0.15, -0.1) is 0 Å². The molecule has 2 N–H and O–H groups in total. The van der Waals surface area contributed by atoms with Crippen molar-refractivity contribution in [2.75, 3.05) is 52.4 Å². The molecule has 0 atom stereocenters. The van der Waals surface area contributed by atoms with E-state index in [9.17, 15) is 4.79 Å². The van der Waals surface area contributed by atoms with Gasteiger partial charge in [-0.2, -0.15) is 0 Å². The lowest BCUT2D eigenvalue weighted by molar-refractivity contribution is -0.122. The van der Waals surface area contributed by atoms with Crippen LogP contribution in [0.25, 0.3) is 0 Å². The third-order valence-electron chi connectivity index (χ3n) is 4.34. The molecule has 0 radical (unpaired) electrons. The number of nitrogens with one attached hydrogen (secondary N) is 2. The smallest absolute Gasteiger partial charge is 0.234 e. The predicted molar refractivity (Wildman–Crippen MR) is 70.4 cm³/mol. The quantitative estimate of drug-likeness (QED) is 0.666. The molecule has 0 bridgehead atoms. The zero-order chi connectivity index (χ0) is 12.4. The maximum atomic E-state index is 11.7. The summed E-state index contributed by atoms with van der Waals surface area (Å²) in [6.45, 7) is 8.06. The molecule has 0 aromatic rings. The van der Waals surface area contributed by atoms with Crippen LogP contribution in [0.5, 0.6) is 0 Å². The topological polar surface area (TPSA) is 47.6 Å². The molecule has 1 aliphatic carbocycles. The lowest BCUT2D eigenvalue weighted by atomic mass is 10.1. The van der Waals surface area contributed by atoms with Crippen molar-refractivity contribution < 1.29 is 4.79 Å². The van der Waals surface area contributed by atoms with Crippen molar-refractivity contribution in [2.45, 2.75) is 18.9 Å². The Hall–Kier alpha value is -0.650. The van der Waals surface area contributed by atoms with E-state index in [4.69, 9.17) is 0 Å². The third-order valence-corrected chi connectivity index (χ3v) is 4.34. The Kier molecular flexibility index (Phi) is 3.82. The Labute approximate surface area is 109 Å². The summed E-state index contributed by atoms with van der Waals surface area (Å²) in [6, 6.07) is 0.746. The summed E-state index contributed by atoms with van der Waals surface area (Å²) in [5, 5.41) is 6.36. The summed E-state index contributed by atoms with van der Waals surface area (Å²) in [7, 11) is 0. The fraction of sp³-hybridized carbons (Fsp3) is 0.923. The Morgan fingerprint density at radius 1 is 1.17 bits per heavy atom. The first kappa shape index (κ1) is 12.4. The third kappa shape index (κ3) is 3.22. The number of hydrogen-bond donors (Lipinski definition) is 2. The number of amides is 1. The van der Waals surface area contributed by atoms with Crippen LogP contribution < -0.4 is 10.6 Å². The molecule has 5 nitrogen and oxygen atoms in total. The Morgan fingerprint density at radius 2 is 1.89 bits per heavy atom. The highest BCUT2D eigenvalue weighted by molar-refractivity contribution is 5.78. The molecule has 3 aliphatic rings. The minimum Gasteiger partial charge on any atom is -0.355 e. The van der Waals surface area contributed by atoms with Crippen LogP contribution in [-0.2, 0) is 4.79 Å². The highest BCUT2D eigenvalue weighted by atomic mass is 16.2. The molecule has 3 rings (SSSR count). The van der Waals surface area contributed by atoms with Crippen LogP contribution in [0.15, 0.2) is 0 Å². The first-order valence-corrected chi connectivity index (χ1v) is 7.25. The molecular weight excluding hydrogens is 228 g/mol. The zero-order valence-electron chi connectivity index (χ0n) is 11.0. The van der Waals surface area contributed by atoms with Gasteiger partial charge < -0.3 is 10.6 Å². The van der Waals surface area contributed by atoms with Gasteiger partial charge in [0.2, 0.25) is 5.91 Å². The molecule has 0 spiro atoms. The normalized spacial score (nSPS) is 26.9. The van der Waals surface area contributed by atoms with Crippen molar-refractivity contribution >= 4 is 5.91 Å². The molecule has 2 saturated heterocycles. The average molecular weight is 252 g/mol. The van der Waals surface area contributed by atoms with Crippen LogP contribution >= 0.6 is 0 Å². The zero-order valence-corrected chi connectivity index (χ0v) is 11.0. The van der Waals surface area contributed by atoms with Gasteiger partial charge in [-0.3, -0.25) is 14.6 Å². The second-order valence-electron chi connectivity index (χ2n) is 5.87. The maximum Gasteiger partial charge on any atom is 0.234 e. The summed E-state index contributed by atoms with van der Waals surface area (Å²) in [6.07, 6.45) is 2.60. The van der Waals surface area contributed by atoms with Gasteiger partial charge >= 0.3 is 0 Å². The largest absolute Gasteiger partial charge is 0.355 e. The monoisotopic (exact) mass is 252 g/mol. The van der Waals surface area contributed by atoms with E-state index in [0.29, 0.717) is 6.54 Å². The lowest BCUT2D eigenvalue weighted by Crippen LogP contribution is -2.62. The van der Waals surface area contributed by atoms with Crippen LogP contribution in [0.3, 0.4) is 0 Å². The van der Waals surface area contributed by atoms with E-state index in [1.165, 1.54) is 12.8 Å². The Morgan fingerprint density at radius 3 is 2.44 bits per heavy atom. The van der Waals surface area contributed by atoms with Crippen molar-refractivity contribution in [1.82, 2.24) is 20.4 Å². The first-order valence-electron chi connectivity index (χ1n) is 7.25. The van der Waals surface area contributed by atoms with Gasteiger partial charge in [-0.05, 0) is 18.8 Å². The summed E-state index contributed by atoms with van der Waals surface area (Å²) in [5.41, 5.74) is 0. The molecule has 0 unspecified atom stereocenters. The number of rotatable bonds is 5. The summed E-state index contributed by atoms with van der Waals surface area (Å²) < 4.78 is 0. The highest BCUT2D eigenvalue weighted by Crippen LogP contribution is 2.27. The van der Waals surface area contributed by atoms with Gasteiger partial charge in [0, 0.05) is 51.9 Å². The molecule has 2 aliphatic heterocycles. The Balaban J connectivity index is 1.32.